The number of benzene rings is 1. The van der Waals surface area contributed by atoms with Crippen molar-refractivity contribution >= 4 is 16.0 Å². The Morgan fingerprint density at radius 1 is 1.29 bits per heavy atom. The number of esters is 1. The summed E-state index contributed by atoms with van der Waals surface area (Å²) >= 11 is 0. The number of hydrogen-bond acceptors (Lipinski definition) is 4. The zero-order valence-corrected chi connectivity index (χ0v) is 14.0. The number of aryl methyl sites for hydroxylation is 2. The molecule has 0 aromatic heterocycles. The highest BCUT2D eigenvalue weighted by Gasteiger charge is 2.27. The highest BCUT2D eigenvalue weighted by molar-refractivity contribution is 7.89. The largest absolute Gasteiger partial charge is 0.468 e. The van der Waals surface area contributed by atoms with Crippen molar-refractivity contribution in [2.75, 3.05) is 7.11 Å². The third-order valence-corrected chi connectivity index (χ3v) is 4.74. The number of sulfonamides is 1. The highest BCUT2D eigenvalue weighted by Crippen LogP contribution is 2.18. The minimum Gasteiger partial charge on any atom is -0.468 e. The van der Waals surface area contributed by atoms with Gasteiger partial charge < -0.3 is 4.74 Å². The molecule has 0 aliphatic carbocycles. The molecule has 0 radical (unpaired) electrons. The molecule has 0 bridgehead atoms. The Morgan fingerprint density at radius 3 is 2.38 bits per heavy atom. The molecule has 6 heteroatoms. The van der Waals surface area contributed by atoms with Crippen molar-refractivity contribution in [3.05, 3.63) is 29.3 Å². The van der Waals surface area contributed by atoms with Gasteiger partial charge in [-0.15, -0.1) is 0 Å². The van der Waals surface area contributed by atoms with Crippen LogP contribution in [-0.4, -0.2) is 27.5 Å². The van der Waals surface area contributed by atoms with E-state index in [0.29, 0.717) is 12.0 Å². The Kier molecular flexibility index (Phi) is 5.92. The van der Waals surface area contributed by atoms with Gasteiger partial charge in [-0.3, -0.25) is 4.79 Å². The number of nitrogens with one attached hydrogen (secondary N) is 1. The number of carbonyl (C=O) groups excluding carboxylic acids is 1. The van der Waals surface area contributed by atoms with Crippen molar-refractivity contribution in [3.63, 3.8) is 0 Å². The lowest BCUT2D eigenvalue weighted by Crippen LogP contribution is -2.42. The number of ether oxygens (including phenoxy) is 1. The van der Waals surface area contributed by atoms with Crippen molar-refractivity contribution < 1.29 is 17.9 Å². The number of hydrogen-bond donors (Lipinski definition) is 1. The molecule has 5 nitrogen and oxygen atoms in total. The fourth-order valence-corrected chi connectivity index (χ4v) is 3.58. The van der Waals surface area contributed by atoms with Crippen molar-refractivity contribution in [3.8, 4) is 0 Å². The average molecular weight is 313 g/mol. The summed E-state index contributed by atoms with van der Waals surface area (Å²) in [6.07, 6.45) is 0.386. The molecule has 1 unspecified atom stereocenters. The zero-order valence-electron chi connectivity index (χ0n) is 13.1. The van der Waals surface area contributed by atoms with Gasteiger partial charge in [-0.05, 0) is 37.8 Å². The van der Waals surface area contributed by atoms with Crippen LogP contribution in [0.4, 0.5) is 0 Å². The first-order chi connectivity index (χ1) is 9.67. The van der Waals surface area contributed by atoms with Gasteiger partial charge in [0.25, 0.3) is 0 Å². The summed E-state index contributed by atoms with van der Waals surface area (Å²) in [7, 11) is -2.51. The Hall–Kier alpha value is -1.40. The summed E-state index contributed by atoms with van der Waals surface area (Å²) in [6.45, 7) is 7.47. The third kappa shape index (κ3) is 4.82. The highest BCUT2D eigenvalue weighted by atomic mass is 32.2. The second-order valence-electron chi connectivity index (χ2n) is 5.60. The lowest BCUT2D eigenvalue weighted by molar-refractivity contribution is -0.143. The monoisotopic (exact) mass is 313 g/mol. The Labute approximate surface area is 126 Å². The quantitative estimate of drug-likeness (QED) is 0.817. The molecule has 1 atom stereocenters. The minimum atomic E-state index is -3.76. The maximum Gasteiger partial charge on any atom is 0.323 e. The summed E-state index contributed by atoms with van der Waals surface area (Å²) in [5.74, 6) is -0.409. The summed E-state index contributed by atoms with van der Waals surface area (Å²) in [5.41, 5.74) is 1.63. The van der Waals surface area contributed by atoms with Gasteiger partial charge in [-0.1, -0.05) is 31.5 Å². The van der Waals surface area contributed by atoms with Crippen LogP contribution in [0.1, 0.15) is 31.4 Å². The lowest BCUT2D eigenvalue weighted by Gasteiger charge is -2.19. The molecule has 0 fully saturated rings. The first-order valence-electron chi connectivity index (χ1n) is 6.84. The number of carbonyl (C=O) groups is 1. The van der Waals surface area contributed by atoms with Crippen LogP contribution in [0.2, 0.25) is 0 Å². The Morgan fingerprint density at radius 2 is 1.90 bits per heavy atom. The predicted octanol–water partition coefficient (Wildman–Crippen LogP) is 2.17. The van der Waals surface area contributed by atoms with E-state index < -0.39 is 22.0 Å². The molecule has 0 aliphatic rings. The Balaban J connectivity index is 3.08. The molecule has 0 spiro atoms. The first kappa shape index (κ1) is 17.7. The van der Waals surface area contributed by atoms with Crippen LogP contribution < -0.4 is 4.72 Å². The van der Waals surface area contributed by atoms with Crippen molar-refractivity contribution in [1.82, 2.24) is 4.72 Å². The third-order valence-electron chi connectivity index (χ3n) is 3.11. The van der Waals surface area contributed by atoms with Crippen LogP contribution >= 0.6 is 0 Å². The van der Waals surface area contributed by atoms with E-state index in [2.05, 4.69) is 9.46 Å². The second kappa shape index (κ2) is 7.04. The van der Waals surface area contributed by atoms with E-state index in [9.17, 15) is 13.2 Å². The van der Waals surface area contributed by atoms with E-state index >= 15 is 0 Å². The van der Waals surface area contributed by atoms with Crippen LogP contribution in [0, 0.1) is 19.8 Å². The van der Waals surface area contributed by atoms with Gasteiger partial charge in [0.15, 0.2) is 0 Å². The zero-order chi connectivity index (χ0) is 16.2. The van der Waals surface area contributed by atoms with E-state index in [4.69, 9.17) is 0 Å². The van der Waals surface area contributed by atoms with E-state index in [0.717, 1.165) is 5.56 Å². The van der Waals surface area contributed by atoms with Gasteiger partial charge in [0.2, 0.25) is 10.0 Å². The van der Waals surface area contributed by atoms with Gasteiger partial charge in [-0.2, -0.15) is 4.72 Å². The maximum absolute atomic E-state index is 12.5. The van der Waals surface area contributed by atoms with Crippen LogP contribution in [-0.2, 0) is 19.6 Å². The molecular formula is C15H23NO4S. The summed E-state index contributed by atoms with van der Waals surface area (Å²) in [5, 5.41) is 0. The van der Waals surface area contributed by atoms with Gasteiger partial charge in [0.05, 0.1) is 12.0 Å². The molecule has 1 aromatic carbocycles. The van der Waals surface area contributed by atoms with E-state index in [-0.39, 0.29) is 10.8 Å². The van der Waals surface area contributed by atoms with Crippen LogP contribution in [0.5, 0.6) is 0 Å². The van der Waals surface area contributed by atoms with Crippen LogP contribution in [0.15, 0.2) is 23.1 Å². The molecule has 0 amide bonds. The maximum atomic E-state index is 12.5. The summed E-state index contributed by atoms with van der Waals surface area (Å²) < 4.78 is 32.0. The molecule has 118 valence electrons. The van der Waals surface area contributed by atoms with Crippen molar-refractivity contribution in [2.24, 2.45) is 5.92 Å². The average Bonchev–Trinajstić information content (AvgIpc) is 2.35. The molecule has 1 rings (SSSR count). The predicted molar refractivity (Wildman–Crippen MR) is 81.5 cm³/mol. The molecule has 1 aromatic rings. The number of methoxy groups -OCH3 is 1. The van der Waals surface area contributed by atoms with Crippen LogP contribution in [0.3, 0.4) is 0 Å². The van der Waals surface area contributed by atoms with Gasteiger partial charge in [0.1, 0.15) is 6.04 Å². The molecule has 0 aliphatic heterocycles. The van der Waals surface area contributed by atoms with E-state index in [1.165, 1.54) is 7.11 Å². The molecule has 21 heavy (non-hydrogen) atoms. The van der Waals surface area contributed by atoms with Gasteiger partial charge in [-0.25, -0.2) is 8.42 Å². The van der Waals surface area contributed by atoms with Crippen molar-refractivity contribution in [1.29, 1.82) is 0 Å². The minimum absolute atomic E-state index is 0.163. The lowest BCUT2D eigenvalue weighted by atomic mass is 10.1. The SMILES string of the molecule is COC(=O)C(CC(C)C)NS(=O)(=O)c1ccc(C)cc1C. The summed E-state index contributed by atoms with van der Waals surface area (Å²) in [4.78, 5) is 11.9. The fourth-order valence-electron chi connectivity index (χ4n) is 2.16. The normalized spacial score (nSPS) is 13.2. The second-order valence-corrected chi connectivity index (χ2v) is 7.28. The Bertz CT molecular complexity index is 608. The first-order valence-corrected chi connectivity index (χ1v) is 8.33. The topological polar surface area (TPSA) is 72.5 Å². The molecular weight excluding hydrogens is 290 g/mol. The smallest absolute Gasteiger partial charge is 0.323 e. The molecule has 0 heterocycles. The van der Waals surface area contributed by atoms with Crippen LogP contribution in [0.25, 0.3) is 0 Å². The molecule has 0 saturated heterocycles. The van der Waals surface area contributed by atoms with E-state index in [1.807, 2.05) is 20.8 Å². The molecule has 1 N–H and O–H groups in total. The van der Waals surface area contributed by atoms with Gasteiger partial charge in [0, 0.05) is 0 Å². The summed E-state index contributed by atoms with van der Waals surface area (Å²) in [6, 6.07) is 4.21. The fraction of sp³-hybridized carbons (Fsp3) is 0.533. The standard InChI is InChI=1S/C15H23NO4S/c1-10(2)8-13(15(17)20-5)16-21(18,19)14-7-6-11(3)9-12(14)4/h6-7,9-10,13,16H,8H2,1-5H3. The van der Waals surface area contributed by atoms with E-state index in [1.54, 1.807) is 25.1 Å². The van der Waals surface area contributed by atoms with Gasteiger partial charge >= 0.3 is 5.97 Å². The van der Waals surface area contributed by atoms with Crippen molar-refractivity contribution in [2.45, 2.75) is 45.1 Å². The number of rotatable bonds is 6. The molecule has 0 saturated carbocycles.